The first-order valence-corrected chi connectivity index (χ1v) is 15.1. The number of carbonyl (C=O) groups excluding carboxylic acids is 2. The Labute approximate surface area is 255 Å². The molecule has 1 aliphatic heterocycles. The lowest BCUT2D eigenvalue weighted by atomic mass is 9.97. The summed E-state index contributed by atoms with van der Waals surface area (Å²) in [5.41, 5.74) is 1.05. The van der Waals surface area contributed by atoms with Crippen molar-refractivity contribution < 1.29 is 32.6 Å². The number of anilines is 1. The second-order valence-electron chi connectivity index (χ2n) is 10.6. The van der Waals surface area contributed by atoms with E-state index in [-0.39, 0.29) is 22.3 Å². The summed E-state index contributed by atoms with van der Waals surface area (Å²) >= 11 is 0. The summed E-state index contributed by atoms with van der Waals surface area (Å²) in [6, 6.07) is 14.4. The lowest BCUT2D eigenvalue weighted by molar-refractivity contribution is 0.0499. The van der Waals surface area contributed by atoms with E-state index in [0.29, 0.717) is 48.1 Å². The highest BCUT2D eigenvalue weighted by Crippen LogP contribution is 2.43. The monoisotopic (exact) mass is 601 g/mol. The molecule has 9 heteroatoms. The highest BCUT2D eigenvalue weighted by Gasteiger charge is 2.44. The van der Waals surface area contributed by atoms with Gasteiger partial charge in [-0.25, -0.2) is 9.18 Å². The van der Waals surface area contributed by atoms with Crippen LogP contribution in [-0.2, 0) is 4.74 Å². The Morgan fingerprint density at radius 2 is 1.64 bits per heavy atom. The van der Waals surface area contributed by atoms with Gasteiger partial charge in [0.05, 0.1) is 42.4 Å². The Kier molecular flexibility index (Phi) is 9.62. The van der Waals surface area contributed by atoms with Crippen LogP contribution in [-0.4, -0.2) is 31.7 Å². The molecule has 0 spiro atoms. The number of fused-ring (bicyclic) bond motifs is 2. The fourth-order valence-electron chi connectivity index (χ4n) is 5.29. The Bertz CT molecular complexity index is 1710. The number of halogens is 1. The molecule has 0 fully saturated rings. The Morgan fingerprint density at radius 1 is 0.864 bits per heavy atom. The number of rotatable bonds is 13. The lowest BCUT2D eigenvalue weighted by Crippen LogP contribution is -2.29. The normalized spacial score (nSPS) is 14.1. The molecule has 3 aromatic carbocycles. The number of hydrogen-bond acceptors (Lipinski definition) is 7. The number of benzene rings is 3. The molecule has 1 aromatic heterocycles. The minimum absolute atomic E-state index is 0.0366. The summed E-state index contributed by atoms with van der Waals surface area (Å²) in [4.78, 5) is 41.9. The lowest BCUT2D eigenvalue weighted by Gasteiger charge is -2.26. The maximum atomic E-state index is 14.2. The van der Waals surface area contributed by atoms with Gasteiger partial charge in [0.15, 0.2) is 16.9 Å². The molecule has 0 bridgehead atoms. The third-order valence-corrected chi connectivity index (χ3v) is 7.53. The molecule has 0 saturated carbocycles. The number of ether oxygens (including phenoxy) is 3. The molecule has 2 heterocycles. The van der Waals surface area contributed by atoms with Gasteiger partial charge < -0.3 is 18.6 Å². The zero-order chi connectivity index (χ0) is 31.2. The van der Waals surface area contributed by atoms with Gasteiger partial charge in [0.25, 0.3) is 5.91 Å². The maximum Gasteiger partial charge on any atom is 0.338 e. The summed E-state index contributed by atoms with van der Waals surface area (Å²) in [7, 11) is 0. The van der Waals surface area contributed by atoms with Gasteiger partial charge in [-0.2, -0.15) is 0 Å². The van der Waals surface area contributed by atoms with Crippen molar-refractivity contribution in [1.29, 1.82) is 0 Å². The van der Waals surface area contributed by atoms with Gasteiger partial charge >= 0.3 is 5.97 Å². The van der Waals surface area contributed by atoms with E-state index in [1.165, 1.54) is 17.0 Å². The first-order chi connectivity index (χ1) is 21.4. The van der Waals surface area contributed by atoms with Crippen molar-refractivity contribution in [1.82, 2.24) is 0 Å². The largest absolute Gasteiger partial charge is 0.490 e. The Balaban J connectivity index is 1.60. The summed E-state index contributed by atoms with van der Waals surface area (Å²) in [5, 5.41) is 0.0366. The van der Waals surface area contributed by atoms with Gasteiger partial charge in [-0.3, -0.25) is 14.5 Å². The number of amides is 1. The number of unbranched alkanes of at least 4 members (excludes halogenated alkanes) is 3. The topological polar surface area (TPSA) is 95.3 Å². The molecule has 0 aliphatic carbocycles. The van der Waals surface area contributed by atoms with Crippen LogP contribution in [0.25, 0.3) is 11.0 Å². The van der Waals surface area contributed by atoms with Gasteiger partial charge in [0.2, 0.25) is 5.76 Å². The summed E-state index contributed by atoms with van der Waals surface area (Å²) in [5.74, 6) is -0.680. The SMILES string of the molecule is CCCCCOc1ccc(C2c3c(oc4ccc(F)cc4c3=O)C(=O)N2c2ccc(C(=O)OCCCC)cc2)cc1OCC. The molecule has 230 valence electrons. The number of nitrogens with zero attached hydrogens (tertiary/aromatic N) is 1. The summed E-state index contributed by atoms with van der Waals surface area (Å²) in [6.07, 6.45) is 4.66. The van der Waals surface area contributed by atoms with Gasteiger partial charge in [0, 0.05) is 5.69 Å². The van der Waals surface area contributed by atoms with E-state index in [0.717, 1.165) is 38.2 Å². The van der Waals surface area contributed by atoms with Crippen molar-refractivity contribution in [3.63, 3.8) is 0 Å². The van der Waals surface area contributed by atoms with Crippen molar-refractivity contribution >= 4 is 28.5 Å². The third-order valence-electron chi connectivity index (χ3n) is 7.53. The predicted molar refractivity (Wildman–Crippen MR) is 165 cm³/mol. The second kappa shape index (κ2) is 13.8. The fourth-order valence-corrected chi connectivity index (χ4v) is 5.29. The molecule has 1 aliphatic rings. The number of esters is 1. The molecule has 1 amide bonds. The standard InChI is InChI=1S/C35H36FNO7/c1-4-7-9-19-42-28-16-12-23(20-29(28)41-6-3)31-30-32(38)26-21-24(36)13-17-27(26)44-33(30)34(39)37(31)25-14-10-22(11-15-25)35(40)43-18-8-5-2/h10-17,20-21,31H,4-9,18-19H2,1-3H3. The zero-order valence-electron chi connectivity index (χ0n) is 25.2. The van der Waals surface area contributed by atoms with Crippen molar-refractivity contribution in [2.75, 3.05) is 24.7 Å². The third kappa shape index (κ3) is 6.18. The highest BCUT2D eigenvalue weighted by atomic mass is 19.1. The molecule has 8 nitrogen and oxygen atoms in total. The van der Waals surface area contributed by atoms with Crippen LogP contribution >= 0.6 is 0 Å². The summed E-state index contributed by atoms with van der Waals surface area (Å²) < 4.78 is 37.4. The van der Waals surface area contributed by atoms with Crippen LogP contribution in [0.15, 0.2) is 69.9 Å². The molecule has 5 rings (SSSR count). The molecule has 0 radical (unpaired) electrons. The first-order valence-electron chi connectivity index (χ1n) is 15.1. The zero-order valence-corrected chi connectivity index (χ0v) is 25.2. The van der Waals surface area contributed by atoms with Crippen LogP contribution in [0.3, 0.4) is 0 Å². The number of hydrogen-bond donors (Lipinski definition) is 0. The van der Waals surface area contributed by atoms with E-state index in [4.69, 9.17) is 18.6 Å². The van der Waals surface area contributed by atoms with Crippen LogP contribution in [0.4, 0.5) is 10.1 Å². The molecule has 0 saturated heterocycles. The van der Waals surface area contributed by atoms with Gasteiger partial charge in [-0.05, 0) is 79.9 Å². The maximum absolute atomic E-state index is 14.2. The molecule has 0 N–H and O–H groups in total. The second-order valence-corrected chi connectivity index (χ2v) is 10.6. The van der Waals surface area contributed by atoms with Gasteiger partial charge in [0.1, 0.15) is 11.4 Å². The van der Waals surface area contributed by atoms with Gasteiger partial charge in [-0.15, -0.1) is 0 Å². The molecule has 1 atom stereocenters. The molecule has 1 unspecified atom stereocenters. The number of carbonyl (C=O) groups is 2. The predicted octanol–water partition coefficient (Wildman–Crippen LogP) is 7.61. The Morgan fingerprint density at radius 3 is 2.36 bits per heavy atom. The van der Waals surface area contributed by atoms with E-state index < -0.39 is 29.2 Å². The average Bonchev–Trinajstić information content (AvgIpc) is 3.32. The van der Waals surface area contributed by atoms with E-state index >= 15 is 0 Å². The minimum atomic E-state index is -0.919. The Hall–Kier alpha value is -4.66. The summed E-state index contributed by atoms with van der Waals surface area (Å²) in [6.45, 7) is 7.21. The van der Waals surface area contributed by atoms with E-state index in [1.807, 2.05) is 13.8 Å². The van der Waals surface area contributed by atoms with Crippen LogP contribution in [0.5, 0.6) is 11.5 Å². The van der Waals surface area contributed by atoms with E-state index in [1.54, 1.807) is 42.5 Å². The van der Waals surface area contributed by atoms with Crippen LogP contribution in [0.2, 0.25) is 0 Å². The molecular formula is C35H36FNO7. The minimum Gasteiger partial charge on any atom is -0.490 e. The molecule has 4 aromatic rings. The van der Waals surface area contributed by atoms with Gasteiger partial charge in [-0.1, -0.05) is 39.2 Å². The van der Waals surface area contributed by atoms with E-state index in [9.17, 15) is 18.8 Å². The van der Waals surface area contributed by atoms with E-state index in [2.05, 4.69) is 6.92 Å². The molecular weight excluding hydrogens is 565 g/mol. The average molecular weight is 602 g/mol. The van der Waals surface area contributed by atoms with Crippen molar-refractivity contribution in [3.8, 4) is 11.5 Å². The highest BCUT2D eigenvalue weighted by molar-refractivity contribution is 6.10. The first kappa shape index (κ1) is 30.8. The van der Waals surface area contributed by atoms with Crippen molar-refractivity contribution in [2.24, 2.45) is 0 Å². The quantitative estimate of drug-likeness (QED) is 0.115. The van der Waals surface area contributed by atoms with Crippen LogP contribution in [0.1, 0.15) is 91.0 Å². The van der Waals surface area contributed by atoms with Crippen molar-refractivity contribution in [2.45, 2.75) is 58.9 Å². The van der Waals surface area contributed by atoms with Crippen LogP contribution < -0.4 is 19.8 Å². The van der Waals surface area contributed by atoms with Crippen LogP contribution in [0, 0.1) is 5.82 Å². The fraction of sp³-hybridized carbons (Fsp3) is 0.343. The smallest absolute Gasteiger partial charge is 0.338 e. The van der Waals surface area contributed by atoms with Crippen molar-refractivity contribution in [3.05, 3.63) is 99.2 Å². The molecule has 44 heavy (non-hydrogen) atoms.